The summed E-state index contributed by atoms with van der Waals surface area (Å²) in [5.74, 6) is 0.178. The van der Waals surface area contributed by atoms with Crippen molar-refractivity contribution in [3.8, 4) is 5.75 Å². The van der Waals surface area contributed by atoms with Crippen molar-refractivity contribution >= 4 is 17.7 Å². The minimum atomic E-state index is -0.482. The summed E-state index contributed by atoms with van der Waals surface area (Å²) in [6.45, 7) is 3.99. The topological polar surface area (TPSA) is 76.7 Å². The van der Waals surface area contributed by atoms with E-state index in [2.05, 4.69) is 10.6 Å². The number of hydrogen-bond acceptors (Lipinski definition) is 4. The van der Waals surface area contributed by atoms with Crippen molar-refractivity contribution < 1.29 is 19.1 Å². The Balaban J connectivity index is 1.88. The molecule has 2 N–H and O–H groups in total. The first-order valence-corrected chi connectivity index (χ1v) is 7.60. The first kappa shape index (κ1) is 17.3. The molecule has 0 radical (unpaired) electrons. The Morgan fingerprint density at radius 2 is 1.75 bits per heavy atom. The van der Waals surface area contributed by atoms with Gasteiger partial charge in [-0.3, -0.25) is 0 Å². The van der Waals surface area contributed by atoms with Crippen molar-refractivity contribution in [1.29, 1.82) is 0 Å². The van der Waals surface area contributed by atoms with Crippen molar-refractivity contribution in [2.45, 2.75) is 13.8 Å². The van der Waals surface area contributed by atoms with Crippen LogP contribution >= 0.6 is 0 Å². The van der Waals surface area contributed by atoms with Gasteiger partial charge in [-0.05, 0) is 38.1 Å². The largest absolute Gasteiger partial charge is 0.473 e. The Bertz CT molecular complexity index is 698. The zero-order valence-electron chi connectivity index (χ0n) is 13.7. The van der Waals surface area contributed by atoms with Crippen LogP contribution in [-0.2, 0) is 4.74 Å². The summed E-state index contributed by atoms with van der Waals surface area (Å²) < 4.78 is 10.4. The van der Waals surface area contributed by atoms with Crippen LogP contribution < -0.4 is 15.4 Å². The fourth-order valence-electron chi connectivity index (χ4n) is 1.96. The van der Waals surface area contributed by atoms with Gasteiger partial charge < -0.3 is 20.1 Å². The number of esters is 1. The van der Waals surface area contributed by atoms with Crippen molar-refractivity contribution in [3.05, 3.63) is 59.7 Å². The molecule has 2 aromatic carbocycles. The lowest BCUT2D eigenvalue weighted by atomic mass is 10.2. The molecule has 2 rings (SSSR count). The number of ether oxygens (including phenoxy) is 2. The van der Waals surface area contributed by atoms with E-state index in [9.17, 15) is 9.59 Å². The van der Waals surface area contributed by atoms with E-state index < -0.39 is 12.0 Å². The first-order chi connectivity index (χ1) is 11.6. The highest BCUT2D eigenvalue weighted by Crippen LogP contribution is 2.16. The van der Waals surface area contributed by atoms with Crippen LogP contribution in [0.1, 0.15) is 22.8 Å². The van der Waals surface area contributed by atoms with Gasteiger partial charge in [0.15, 0.2) is 6.73 Å². The Kier molecular flexibility index (Phi) is 6.19. The Morgan fingerprint density at radius 3 is 2.46 bits per heavy atom. The predicted molar refractivity (Wildman–Crippen MR) is 91.2 cm³/mol. The highest BCUT2D eigenvalue weighted by Gasteiger charge is 2.13. The molecule has 0 atom stereocenters. The van der Waals surface area contributed by atoms with Crippen molar-refractivity contribution in [2.75, 3.05) is 18.7 Å². The fraction of sp³-hybridized carbons (Fsp3) is 0.222. The lowest BCUT2D eigenvalue weighted by Gasteiger charge is -2.12. The zero-order valence-corrected chi connectivity index (χ0v) is 13.7. The molecular weight excluding hydrogens is 308 g/mol. The standard InChI is InChI=1S/C18H20N2O4/c1-3-23-17(21)15-6-4-5-7-16(15)20-18(22)19-12-24-14-10-8-13(2)9-11-14/h4-11H,3,12H2,1-2H3,(H2,19,20,22). The number of amides is 2. The Hall–Kier alpha value is -3.02. The van der Waals surface area contributed by atoms with E-state index in [1.54, 1.807) is 31.2 Å². The smallest absolute Gasteiger partial charge is 0.340 e. The SMILES string of the molecule is CCOC(=O)c1ccccc1NC(=O)NCOc1ccc(C)cc1. The third kappa shape index (κ3) is 5.01. The van der Waals surface area contributed by atoms with Gasteiger partial charge in [0.05, 0.1) is 17.9 Å². The van der Waals surface area contributed by atoms with Crippen LogP contribution in [0.25, 0.3) is 0 Å². The summed E-state index contributed by atoms with van der Waals surface area (Å²) in [5, 5.41) is 5.18. The van der Waals surface area contributed by atoms with Crippen LogP contribution in [0.15, 0.2) is 48.5 Å². The third-order valence-electron chi connectivity index (χ3n) is 3.16. The maximum Gasteiger partial charge on any atom is 0.340 e. The number of aryl methyl sites for hydroxylation is 1. The molecule has 0 fully saturated rings. The predicted octanol–water partition coefficient (Wildman–Crippen LogP) is 3.33. The molecular formula is C18H20N2O4. The average Bonchev–Trinajstić information content (AvgIpc) is 2.57. The van der Waals surface area contributed by atoms with Crippen molar-refractivity contribution in [2.24, 2.45) is 0 Å². The summed E-state index contributed by atoms with van der Waals surface area (Å²) >= 11 is 0. The maximum absolute atomic E-state index is 11.9. The highest BCUT2D eigenvalue weighted by atomic mass is 16.5. The summed E-state index contributed by atoms with van der Waals surface area (Å²) in [6, 6.07) is 13.7. The molecule has 0 aliphatic rings. The number of urea groups is 1. The normalized spacial score (nSPS) is 9.92. The molecule has 0 aliphatic carbocycles. The number of hydrogen-bond donors (Lipinski definition) is 2. The second kappa shape index (κ2) is 8.57. The van der Waals surface area contributed by atoms with E-state index in [0.29, 0.717) is 17.0 Å². The maximum atomic E-state index is 11.9. The first-order valence-electron chi connectivity index (χ1n) is 7.60. The molecule has 24 heavy (non-hydrogen) atoms. The third-order valence-corrected chi connectivity index (χ3v) is 3.16. The average molecular weight is 328 g/mol. The van der Waals surface area contributed by atoms with Gasteiger partial charge in [-0.25, -0.2) is 9.59 Å². The number of anilines is 1. The molecule has 2 amide bonds. The summed E-state index contributed by atoms with van der Waals surface area (Å²) in [5.41, 5.74) is 1.81. The molecule has 0 bridgehead atoms. The lowest BCUT2D eigenvalue weighted by Crippen LogP contribution is -2.32. The van der Waals surface area contributed by atoms with Crippen molar-refractivity contribution in [3.63, 3.8) is 0 Å². The van der Waals surface area contributed by atoms with Gasteiger partial charge >= 0.3 is 12.0 Å². The summed E-state index contributed by atoms with van der Waals surface area (Å²) in [6.07, 6.45) is 0. The number of benzene rings is 2. The molecule has 0 saturated carbocycles. The molecule has 0 unspecified atom stereocenters. The molecule has 0 saturated heterocycles. The van der Waals surface area contributed by atoms with Gasteiger partial charge in [-0.1, -0.05) is 29.8 Å². The van der Waals surface area contributed by atoms with Gasteiger partial charge in [-0.2, -0.15) is 0 Å². The van der Waals surface area contributed by atoms with Gasteiger partial charge in [0.2, 0.25) is 0 Å². The number of rotatable bonds is 6. The highest BCUT2D eigenvalue weighted by molar-refractivity contribution is 6.00. The van der Waals surface area contributed by atoms with E-state index in [1.165, 1.54) is 0 Å². The monoisotopic (exact) mass is 328 g/mol. The van der Waals surface area contributed by atoms with E-state index in [0.717, 1.165) is 5.56 Å². The number of carbonyl (C=O) groups is 2. The molecule has 0 spiro atoms. The van der Waals surface area contributed by atoms with E-state index in [4.69, 9.17) is 9.47 Å². The second-order valence-corrected chi connectivity index (χ2v) is 5.00. The quantitative estimate of drug-likeness (QED) is 0.630. The number of carbonyl (C=O) groups excluding carboxylic acids is 2. The minimum Gasteiger partial charge on any atom is -0.473 e. The Labute approximate surface area is 140 Å². The van der Waals surface area contributed by atoms with E-state index >= 15 is 0 Å². The molecule has 0 aliphatic heterocycles. The molecule has 6 heteroatoms. The van der Waals surface area contributed by atoms with Crippen LogP contribution in [0, 0.1) is 6.92 Å². The number of para-hydroxylation sites is 1. The number of nitrogens with one attached hydrogen (secondary N) is 2. The van der Waals surface area contributed by atoms with Crippen LogP contribution in [0.4, 0.5) is 10.5 Å². The zero-order chi connectivity index (χ0) is 17.4. The lowest BCUT2D eigenvalue weighted by molar-refractivity contribution is 0.0527. The van der Waals surface area contributed by atoms with Crippen molar-refractivity contribution in [1.82, 2.24) is 5.32 Å². The Morgan fingerprint density at radius 1 is 1.04 bits per heavy atom. The van der Waals surface area contributed by atoms with Gasteiger partial charge in [-0.15, -0.1) is 0 Å². The van der Waals surface area contributed by atoms with E-state index in [-0.39, 0.29) is 13.3 Å². The molecule has 0 aromatic heterocycles. The molecule has 2 aromatic rings. The van der Waals surface area contributed by atoms with Gasteiger partial charge in [0.25, 0.3) is 0 Å². The van der Waals surface area contributed by atoms with Gasteiger partial charge in [0, 0.05) is 0 Å². The van der Waals surface area contributed by atoms with E-state index in [1.807, 2.05) is 31.2 Å². The molecule has 0 heterocycles. The van der Waals surface area contributed by atoms with Crippen LogP contribution in [0.2, 0.25) is 0 Å². The second-order valence-electron chi connectivity index (χ2n) is 5.00. The molecule has 6 nitrogen and oxygen atoms in total. The van der Waals surface area contributed by atoms with Crippen LogP contribution in [0.5, 0.6) is 5.75 Å². The summed E-state index contributed by atoms with van der Waals surface area (Å²) in [4.78, 5) is 23.8. The van der Waals surface area contributed by atoms with Crippen LogP contribution in [0.3, 0.4) is 0 Å². The molecule has 126 valence electrons. The van der Waals surface area contributed by atoms with Crippen LogP contribution in [-0.4, -0.2) is 25.3 Å². The van der Waals surface area contributed by atoms with Gasteiger partial charge in [0.1, 0.15) is 5.75 Å². The summed E-state index contributed by atoms with van der Waals surface area (Å²) in [7, 11) is 0. The minimum absolute atomic E-state index is 0.0104. The fourth-order valence-corrected chi connectivity index (χ4v) is 1.96.